The lowest BCUT2D eigenvalue weighted by molar-refractivity contribution is 0.674. The van der Waals surface area contributed by atoms with E-state index in [0.717, 1.165) is 88.8 Å². The van der Waals surface area contributed by atoms with Crippen molar-refractivity contribution in [1.82, 2.24) is 4.57 Å². The van der Waals surface area contributed by atoms with E-state index in [1.807, 2.05) is 12.2 Å². The quantitative estimate of drug-likeness (QED) is 0.127. The molecule has 13 aromatic rings. The Hall–Kier alpha value is -9.70. The fourth-order valence-electron chi connectivity index (χ4n) is 12.3. The molecule has 0 atom stereocenters. The predicted octanol–water partition coefficient (Wildman–Crippen LogP) is 19.1. The van der Waals surface area contributed by atoms with Crippen molar-refractivity contribution in [1.29, 1.82) is 0 Å². The maximum atomic E-state index is 7.05. The van der Waals surface area contributed by atoms with Crippen LogP contribution in [0.15, 0.2) is 285 Å². The van der Waals surface area contributed by atoms with Crippen molar-refractivity contribution in [3.8, 4) is 22.3 Å². The second kappa shape index (κ2) is 17.3. The van der Waals surface area contributed by atoms with Gasteiger partial charge in [-0.25, -0.2) is 0 Å². The van der Waals surface area contributed by atoms with Gasteiger partial charge in [0.2, 0.25) is 0 Å². The third-order valence-corrected chi connectivity index (χ3v) is 15.5. The van der Waals surface area contributed by atoms with Crippen molar-refractivity contribution in [3.63, 3.8) is 0 Å². The lowest BCUT2D eigenvalue weighted by Crippen LogP contribution is -2.28. The molecule has 14 rings (SSSR count). The van der Waals surface area contributed by atoms with Crippen molar-refractivity contribution in [2.45, 2.75) is 5.41 Å². The first-order chi connectivity index (χ1) is 36.6. The molecule has 0 saturated heterocycles. The van der Waals surface area contributed by atoms with Crippen LogP contribution in [0.1, 0.15) is 27.8 Å². The van der Waals surface area contributed by atoms with E-state index in [9.17, 15) is 0 Å². The molecule has 0 amide bonds. The molecule has 2 aromatic heterocycles. The van der Waals surface area contributed by atoms with Gasteiger partial charge in [0.1, 0.15) is 11.2 Å². The summed E-state index contributed by atoms with van der Waals surface area (Å²) in [6, 6.07) is 92.4. The minimum atomic E-state index is -0.584. The Kier molecular flexibility index (Phi) is 10.1. The van der Waals surface area contributed by atoms with Crippen LogP contribution in [0, 0.1) is 0 Å². The summed E-state index contributed by atoms with van der Waals surface area (Å²) in [6.07, 6.45) is 3.92. The van der Waals surface area contributed by atoms with Crippen molar-refractivity contribution in [2.24, 2.45) is 0 Å². The minimum absolute atomic E-state index is 0.584. The highest BCUT2D eigenvalue weighted by molar-refractivity contribution is 6.18. The summed E-state index contributed by atoms with van der Waals surface area (Å²) >= 11 is 0. The number of rotatable bonds is 10. The summed E-state index contributed by atoms with van der Waals surface area (Å²) < 4.78 is 9.37. The maximum absolute atomic E-state index is 7.05. The highest BCUT2D eigenvalue weighted by atomic mass is 16.3. The van der Waals surface area contributed by atoms with Crippen LogP contribution in [0.4, 0.5) is 17.1 Å². The molecular formula is C71H48N2O. The number of furan rings is 1. The second-order valence-corrected chi connectivity index (χ2v) is 19.2. The van der Waals surface area contributed by atoms with Crippen LogP contribution >= 0.6 is 0 Å². The lowest BCUT2D eigenvalue weighted by Gasteiger charge is -2.35. The smallest absolute Gasteiger partial charge is 0.143 e. The lowest BCUT2D eigenvalue weighted by atomic mass is 9.67. The number of hydrogen-bond donors (Lipinski definition) is 0. The summed E-state index contributed by atoms with van der Waals surface area (Å²) in [5, 5.41) is 6.84. The SMILES string of the molecule is C=C/C(=C(\C=C)n1c2ccccc2c2ccccc21)c1ccc(N(c2ccc3c(c2)C(c2ccccc2)(c2ccccc2)c2ccccc2-3)c2ccccc2-c2cccc3c2oc2c4ccccc4ccc32)cc1. The van der Waals surface area contributed by atoms with E-state index in [1.54, 1.807) is 0 Å². The number of aromatic nitrogens is 1. The number of fused-ring (bicyclic) bond motifs is 11. The average molecular weight is 945 g/mol. The largest absolute Gasteiger partial charge is 0.455 e. The molecule has 2 heterocycles. The van der Waals surface area contributed by atoms with E-state index in [2.05, 4.69) is 277 Å². The first kappa shape index (κ1) is 43.1. The van der Waals surface area contributed by atoms with Crippen LogP contribution in [0.3, 0.4) is 0 Å². The zero-order chi connectivity index (χ0) is 49.3. The average Bonchev–Trinajstić information content (AvgIpc) is 4.15. The number of anilines is 3. The van der Waals surface area contributed by atoms with Crippen molar-refractivity contribution < 1.29 is 4.42 Å². The molecule has 0 radical (unpaired) electrons. The molecule has 0 bridgehead atoms. The molecule has 11 aromatic carbocycles. The number of hydrogen-bond acceptors (Lipinski definition) is 2. The van der Waals surface area contributed by atoms with E-state index in [4.69, 9.17) is 4.42 Å². The third kappa shape index (κ3) is 6.40. The van der Waals surface area contributed by atoms with Gasteiger partial charge in [-0.05, 0) is 98.9 Å². The second-order valence-electron chi connectivity index (χ2n) is 19.2. The summed E-state index contributed by atoms with van der Waals surface area (Å²) in [4.78, 5) is 2.43. The van der Waals surface area contributed by atoms with Crippen LogP contribution in [0.25, 0.3) is 88.0 Å². The first-order valence-electron chi connectivity index (χ1n) is 25.3. The van der Waals surface area contributed by atoms with Crippen LogP contribution in [-0.2, 0) is 5.41 Å². The van der Waals surface area contributed by atoms with E-state index >= 15 is 0 Å². The number of para-hydroxylation sites is 4. The van der Waals surface area contributed by atoms with Gasteiger partial charge in [-0.2, -0.15) is 0 Å². The number of benzene rings is 11. The van der Waals surface area contributed by atoms with Crippen LogP contribution in [-0.4, -0.2) is 4.57 Å². The fourth-order valence-corrected chi connectivity index (χ4v) is 12.3. The first-order valence-corrected chi connectivity index (χ1v) is 25.3. The van der Waals surface area contributed by atoms with E-state index in [1.165, 1.54) is 44.2 Å². The Balaban J connectivity index is 1.01. The summed E-state index contributed by atoms with van der Waals surface area (Å²) in [7, 11) is 0. The molecule has 1 aliphatic rings. The number of allylic oxidation sites excluding steroid dienone is 4. The normalized spacial score (nSPS) is 13.0. The highest BCUT2D eigenvalue weighted by Crippen LogP contribution is 2.58. The molecule has 0 fully saturated rings. The summed E-state index contributed by atoms with van der Waals surface area (Å²) in [5.41, 5.74) is 19.0. The van der Waals surface area contributed by atoms with E-state index < -0.39 is 5.41 Å². The molecule has 3 heteroatoms. The molecule has 1 aliphatic carbocycles. The molecule has 0 N–H and O–H groups in total. The minimum Gasteiger partial charge on any atom is -0.455 e. The Labute approximate surface area is 430 Å². The van der Waals surface area contributed by atoms with Gasteiger partial charge in [-0.1, -0.05) is 225 Å². The summed E-state index contributed by atoms with van der Waals surface area (Å²) in [6.45, 7) is 8.80. The topological polar surface area (TPSA) is 21.3 Å². The molecule has 3 nitrogen and oxygen atoms in total. The van der Waals surface area contributed by atoms with Crippen molar-refractivity contribution in [3.05, 3.63) is 308 Å². The van der Waals surface area contributed by atoms with Crippen LogP contribution in [0.2, 0.25) is 0 Å². The fraction of sp³-hybridized carbons (Fsp3) is 0.0141. The molecule has 74 heavy (non-hydrogen) atoms. The molecule has 348 valence electrons. The van der Waals surface area contributed by atoms with E-state index in [-0.39, 0.29) is 0 Å². The zero-order valence-electron chi connectivity index (χ0n) is 40.6. The van der Waals surface area contributed by atoms with Crippen molar-refractivity contribution in [2.75, 3.05) is 4.90 Å². The van der Waals surface area contributed by atoms with Gasteiger partial charge < -0.3 is 13.9 Å². The molecule has 0 spiro atoms. The van der Waals surface area contributed by atoms with Gasteiger partial charge in [0, 0.05) is 55.0 Å². The molecular weight excluding hydrogens is 897 g/mol. The van der Waals surface area contributed by atoms with Gasteiger partial charge in [-0.15, -0.1) is 0 Å². The van der Waals surface area contributed by atoms with Crippen LogP contribution in [0.5, 0.6) is 0 Å². The monoisotopic (exact) mass is 944 g/mol. The summed E-state index contributed by atoms with van der Waals surface area (Å²) in [5.74, 6) is 0. The predicted molar refractivity (Wildman–Crippen MR) is 312 cm³/mol. The van der Waals surface area contributed by atoms with Gasteiger partial charge in [0.15, 0.2) is 0 Å². The van der Waals surface area contributed by atoms with Gasteiger partial charge >= 0.3 is 0 Å². The standard InChI is InChI=1S/C71H48N2O/c1-3-53(65(4-2)73-67-36-19-14-29-57(67)58-30-15-20-37-68(58)73)48-38-41-51(42-39-48)72(66-35-18-16-31-59(66)60-32-21-33-61-62-44-40-47-22-11-12-27-54(47)69(62)74-70(60)61)52-43-45-56-55-28-13-17-34-63(55)71(64(56)46-52,49-23-7-5-8-24-49)50-25-9-6-10-26-50/h3-46H,1-2H2/b65-53-. The Bertz CT molecular complexity index is 4310. The van der Waals surface area contributed by atoms with Crippen molar-refractivity contribution >= 4 is 82.8 Å². The molecule has 0 aliphatic heterocycles. The third-order valence-electron chi connectivity index (χ3n) is 15.5. The van der Waals surface area contributed by atoms with E-state index in [0.29, 0.717) is 0 Å². The Morgan fingerprint density at radius 1 is 0.405 bits per heavy atom. The van der Waals surface area contributed by atoms with Crippen LogP contribution < -0.4 is 4.90 Å². The Morgan fingerprint density at radius 3 is 1.66 bits per heavy atom. The molecule has 0 saturated carbocycles. The zero-order valence-corrected chi connectivity index (χ0v) is 40.6. The maximum Gasteiger partial charge on any atom is 0.143 e. The van der Waals surface area contributed by atoms with Gasteiger partial charge in [-0.3, -0.25) is 0 Å². The van der Waals surface area contributed by atoms with Gasteiger partial charge in [0.05, 0.1) is 27.8 Å². The van der Waals surface area contributed by atoms with Gasteiger partial charge in [0.25, 0.3) is 0 Å². The molecule has 0 unspecified atom stereocenters. The number of nitrogens with zero attached hydrogens (tertiary/aromatic N) is 2. The Morgan fingerprint density at radius 2 is 0.959 bits per heavy atom. The highest BCUT2D eigenvalue weighted by Gasteiger charge is 2.46.